The van der Waals surface area contributed by atoms with Crippen LogP contribution in [0.25, 0.3) is 0 Å². The Kier molecular flexibility index (Phi) is 4.87. The van der Waals surface area contributed by atoms with Crippen molar-refractivity contribution in [2.45, 2.75) is 25.4 Å². The van der Waals surface area contributed by atoms with Gasteiger partial charge in [0.2, 0.25) is 0 Å². The molecule has 1 fully saturated rings. The molecule has 2 rings (SSSR count). The normalized spacial score (nSPS) is 17.4. The maximum atomic E-state index is 12.1. The lowest BCUT2D eigenvalue weighted by Crippen LogP contribution is -2.47. The minimum Gasteiger partial charge on any atom is -0.452 e. The average Bonchev–Trinajstić information content (AvgIpc) is 2.77. The van der Waals surface area contributed by atoms with E-state index in [1.54, 1.807) is 11.9 Å². The predicted molar refractivity (Wildman–Crippen MR) is 76.9 cm³/mol. The summed E-state index contributed by atoms with van der Waals surface area (Å²) in [6, 6.07) is 3.94. The Labute approximate surface area is 122 Å². The summed E-state index contributed by atoms with van der Waals surface area (Å²) < 4.78 is 6.08. The number of furan rings is 1. The van der Waals surface area contributed by atoms with Crippen molar-refractivity contribution in [1.29, 1.82) is 0 Å². The van der Waals surface area contributed by atoms with Crippen LogP contribution in [0.3, 0.4) is 0 Å². The van der Waals surface area contributed by atoms with Crippen molar-refractivity contribution in [2.75, 3.05) is 27.2 Å². The van der Waals surface area contributed by atoms with Crippen LogP contribution in [0.5, 0.6) is 0 Å². The van der Waals surface area contributed by atoms with Gasteiger partial charge in [0.25, 0.3) is 0 Å². The molecule has 1 aromatic heterocycles. The van der Waals surface area contributed by atoms with Gasteiger partial charge in [0.1, 0.15) is 5.76 Å². The fourth-order valence-electron chi connectivity index (χ4n) is 2.18. The fourth-order valence-corrected chi connectivity index (χ4v) is 2.52. The Morgan fingerprint density at radius 2 is 2.21 bits per heavy atom. The van der Waals surface area contributed by atoms with E-state index in [-0.39, 0.29) is 12.1 Å². The van der Waals surface area contributed by atoms with Crippen molar-refractivity contribution in [1.82, 2.24) is 15.1 Å². The molecule has 2 heterocycles. The molecule has 1 aliphatic heterocycles. The molecule has 1 saturated heterocycles. The van der Waals surface area contributed by atoms with Crippen LogP contribution in [0.2, 0.25) is 0 Å². The smallest absolute Gasteiger partial charge is 0.317 e. The number of carbonyl (C=O) groups excluding carboxylic acids is 1. The molecule has 2 amide bonds. The molecule has 0 aromatic carbocycles. The van der Waals surface area contributed by atoms with Crippen LogP contribution in [-0.4, -0.2) is 49.1 Å². The summed E-state index contributed by atoms with van der Waals surface area (Å²) in [5, 5.41) is 3.07. The molecule has 1 N–H and O–H groups in total. The van der Waals surface area contributed by atoms with Gasteiger partial charge in [0.15, 0.2) is 4.67 Å². The highest BCUT2D eigenvalue weighted by atomic mass is 79.9. The second-order valence-electron chi connectivity index (χ2n) is 5.09. The monoisotopic (exact) mass is 329 g/mol. The highest BCUT2D eigenvalue weighted by molar-refractivity contribution is 9.10. The number of amides is 2. The van der Waals surface area contributed by atoms with E-state index in [4.69, 9.17) is 4.42 Å². The molecule has 5 nitrogen and oxygen atoms in total. The first-order valence-electron chi connectivity index (χ1n) is 6.49. The van der Waals surface area contributed by atoms with Crippen molar-refractivity contribution in [3.05, 3.63) is 22.6 Å². The van der Waals surface area contributed by atoms with E-state index in [9.17, 15) is 4.79 Å². The number of nitrogens with zero attached hydrogens (tertiary/aromatic N) is 2. The summed E-state index contributed by atoms with van der Waals surface area (Å²) in [7, 11) is 3.89. The number of rotatable bonds is 3. The van der Waals surface area contributed by atoms with E-state index < -0.39 is 0 Å². The molecule has 19 heavy (non-hydrogen) atoms. The number of carbonyl (C=O) groups is 1. The topological polar surface area (TPSA) is 48.7 Å². The van der Waals surface area contributed by atoms with Crippen LogP contribution < -0.4 is 5.32 Å². The van der Waals surface area contributed by atoms with Crippen molar-refractivity contribution in [2.24, 2.45) is 0 Å². The van der Waals surface area contributed by atoms with Crippen molar-refractivity contribution in [3.8, 4) is 0 Å². The molecule has 0 atom stereocenters. The number of likely N-dealkylation sites (tertiary alicyclic amines) is 1. The summed E-state index contributed by atoms with van der Waals surface area (Å²) in [6.07, 6.45) is 2.03. The third-order valence-electron chi connectivity index (χ3n) is 3.41. The Balaban J connectivity index is 1.79. The molecule has 1 aliphatic rings. The molecule has 0 aliphatic carbocycles. The lowest BCUT2D eigenvalue weighted by atomic mass is 10.1. The third-order valence-corrected chi connectivity index (χ3v) is 3.84. The van der Waals surface area contributed by atoms with E-state index >= 15 is 0 Å². The van der Waals surface area contributed by atoms with Gasteiger partial charge >= 0.3 is 6.03 Å². The first-order chi connectivity index (χ1) is 9.04. The molecule has 0 spiro atoms. The number of nitrogens with one attached hydrogen (secondary N) is 1. The zero-order valence-corrected chi connectivity index (χ0v) is 12.9. The Morgan fingerprint density at radius 3 is 2.79 bits per heavy atom. The summed E-state index contributed by atoms with van der Waals surface area (Å²) >= 11 is 3.25. The summed E-state index contributed by atoms with van der Waals surface area (Å²) in [4.78, 5) is 16.0. The van der Waals surface area contributed by atoms with Gasteiger partial charge in [-0.05, 0) is 61.0 Å². The summed E-state index contributed by atoms with van der Waals surface area (Å²) in [5.41, 5.74) is 0. The minimum absolute atomic E-state index is 0.0397. The number of hydrogen-bond acceptors (Lipinski definition) is 3. The summed E-state index contributed by atoms with van der Waals surface area (Å²) in [5.74, 6) is 0.771. The molecule has 0 saturated carbocycles. The van der Waals surface area contributed by atoms with Crippen LogP contribution in [0.4, 0.5) is 4.79 Å². The zero-order valence-electron chi connectivity index (χ0n) is 11.4. The molecule has 106 valence electrons. The van der Waals surface area contributed by atoms with E-state index in [2.05, 4.69) is 33.2 Å². The van der Waals surface area contributed by atoms with E-state index in [1.807, 2.05) is 12.1 Å². The number of urea groups is 1. The molecular formula is C13H20BrN3O2. The van der Waals surface area contributed by atoms with Crippen LogP contribution in [0.1, 0.15) is 18.6 Å². The molecule has 0 unspecified atom stereocenters. The third kappa shape index (κ3) is 4.24. The quantitative estimate of drug-likeness (QED) is 0.925. The van der Waals surface area contributed by atoms with Crippen molar-refractivity contribution in [3.63, 3.8) is 0 Å². The highest BCUT2D eigenvalue weighted by Crippen LogP contribution is 2.15. The maximum Gasteiger partial charge on any atom is 0.317 e. The van der Waals surface area contributed by atoms with Gasteiger partial charge in [-0.2, -0.15) is 0 Å². The lowest BCUT2D eigenvalue weighted by Gasteiger charge is -2.30. The Bertz CT molecular complexity index is 427. The zero-order chi connectivity index (χ0) is 13.8. The van der Waals surface area contributed by atoms with Gasteiger partial charge in [-0.1, -0.05) is 0 Å². The van der Waals surface area contributed by atoms with Crippen molar-refractivity contribution >= 4 is 22.0 Å². The number of hydrogen-bond donors (Lipinski definition) is 1. The first kappa shape index (κ1) is 14.4. The largest absolute Gasteiger partial charge is 0.452 e. The second-order valence-corrected chi connectivity index (χ2v) is 5.87. The molecule has 6 heteroatoms. The lowest BCUT2D eigenvalue weighted by molar-refractivity contribution is 0.185. The van der Waals surface area contributed by atoms with Gasteiger partial charge in [-0.25, -0.2) is 4.79 Å². The second kappa shape index (κ2) is 6.43. The molecular weight excluding hydrogens is 310 g/mol. The average molecular weight is 330 g/mol. The predicted octanol–water partition coefficient (Wildman–Crippen LogP) is 2.28. The SMILES string of the molecule is CN1CCC(NC(=O)N(C)Cc2ccc(Br)o2)CC1. The van der Waals surface area contributed by atoms with Crippen molar-refractivity contribution < 1.29 is 9.21 Å². The van der Waals surface area contributed by atoms with Crippen LogP contribution >= 0.6 is 15.9 Å². The van der Waals surface area contributed by atoms with Gasteiger partial charge in [0, 0.05) is 13.1 Å². The van der Waals surface area contributed by atoms with Crippen LogP contribution in [0, 0.1) is 0 Å². The minimum atomic E-state index is -0.0397. The van der Waals surface area contributed by atoms with Crippen LogP contribution in [-0.2, 0) is 6.54 Å². The molecule has 1 aromatic rings. The van der Waals surface area contributed by atoms with E-state index in [0.717, 1.165) is 31.7 Å². The first-order valence-corrected chi connectivity index (χ1v) is 7.28. The number of halogens is 1. The van der Waals surface area contributed by atoms with Crippen LogP contribution in [0.15, 0.2) is 21.2 Å². The number of piperidine rings is 1. The maximum absolute atomic E-state index is 12.1. The van der Waals surface area contributed by atoms with Gasteiger partial charge in [-0.3, -0.25) is 0 Å². The van der Waals surface area contributed by atoms with Gasteiger partial charge < -0.3 is 19.5 Å². The standard InChI is InChI=1S/C13H20BrN3O2/c1-16-7-5-10(6-8-16)15-13(18)17(2)9-11-3-4-12(14)19-11/h3-4,10H,5-9H2,1-2H3,(H,15,18). The van der Waals surface area contributed by atoms with E-state index in [1.165, 1.54) is 0 Å². The molecule has 0 radical (unpaired) electrons. The summed E-state index contributed by atoms with van der Waals surface area (Å²) in [6.45, 7) is 2.56. The molecule has 0 bridgehead atoms. The van der Waals surface area contributed by atoms with Gasteiger partial charge in [-0.15, -0.1) is 0 Å². The Morgan fingerprint density at radius 1 is 1.53 bits per heavy atom. The van der Waals surface area contributed by atoms with Gasteiger partial charge in [0.05, 0.1) is 6.54 Å². The Hall–Kier alpha value is -1.01. The highest BCUT2D eigenvalue weighted by Gasteiger charge is 2.20. The fraction of sp³-hybridized carbons (Fsp3) is 0.615. The van der Waals surface area contributed by atoms with E-state index in [0.29, 0.717) is 11.2 Å².